The minimum absolute atomic E-state index is 0.0212. The largest absolute Gasteiger partial charge is 0.497 e. The van der Waals surface area contributed by atoms with E-state index in [4.69, 9.17) is 14.2 Å². The zero-order chi connectivity index (χ0) is 24.5. The average Bonchev–Trinajstić information content (AvgIpc) is 3.52. The molecule has 180 valence electrons. The first-order valence-electron chi connectivity index (χ1n) is 11.3. The second-order valence-electron chi connectivity index (χ2n) is 8.60. The van der Waals surface area contributed by atoms with Crippen LogP contribution < -0.4 is 10.1 Å². The van der Waals surface area contributed by atoms with Crippen molar-refractivity contribution in [3.63, 3.8) is 0 Å². The predicted molar refractivity (Wildman–Crippen MR) is 128 cm³/mol. The van der Waals surface area contributed by atoms with Crippen molar-refractivity contribution < 1.29 is 14.1 Å². The maximum absolute atomic E-state index is 12.4. The van der Waals surface area contributed by atoms with Gasteiger partial charge in [-0.1, -0.05) is 12.1 Å². The van der Waals surface area contributed by atoms with Gasteiger partial charge in [0.05, 0.1) is 24.2 Å². The minimum atomic E-state index is -0.172. The van der Waals surface area contributed by atoms with E-state index < -0.39 is 0 Å². The van der Waals surface area contributed by atoms with Crippen LogP contribution >= 0.6 is 0 Å². The number of amides is 1. The standard InChI is InChI=1S/C24H26N8O3/c1-14-16(6-9-31(2)23(14)33)21-13-20(30-35-21)19-12-15(34-4)11-18(26-19)17-5-8-25-24(27-17)28-22-7-10-32(3)29-22/h5,7-8,10-14,16H,6,9H2,1-4H3,(H,25,27,28,29)/t14?,16-/m1/s1. The third-order valence-electron chi connectivity index (χ3n) is 6.21. The molecule has 5 rings (SSSR count). The molecule has 0 aliphatic carbocycles. The molecule has 11 nitrogen and oxygen atoms in total. The lowest BCUT2D eigenvalue weighted by atomic mass is 9.84. The first-order chi connectivity index (χ1) is 16.9. The molecule has 1 saturated heterocycles. The molecule has 0 bridgehead atoms. The van der Waals surface area contributed by atoms with Crippen LogP contribution in [0, 0.1) is 5.92 Å². The Hall–Kier alpha value is -4.28. The number of aromatic nitrogens is 6. The fraction of sp³-hybridized carbons (Fsp3) is 0.333. The molecule has 0 saturated carbocycles. The van der Waals surface area contributed by atoms with Gasteiger partial charge in [-0.05, 0) is 12.5 Å². The Bertz CT molecular complexity index is 1360. The summed E-state index contributed by atoms with van der Waals surface area (Å²) in [6.45, 7) is 2.62. The fourth-order valence-corrected chi connectivity index (χ4v) is 4.23. The van der Waals surface area contributed by atoms with Crippen molar-refractivity contribution in [3.05, 3.63) is 48.5 Å². The minimum Gasteiger partial charge on any atom is -0.497 e. The number of likely N-dealkylation sites (tertiary alicyclic amines) is 1. The van der Waals surface area contributed by atoms with Gasteiger partial charge >= 0.3 is 0 Å². The van der Waals surface area contributed by atoms with Gasteiger partial charge in [0.25, 0.3) is 0 Å². The Morgan fingerprint density at radius 2 is 1.89 bits per heavy atom. The molecule has 4 aromatic rings. The highest BCUT2D eigenvalue weighted by molar-refractivity contribution is 5.80. The van der Waals surface area contributed by atoms with Crippen molar-refractivity contribution in [1.29, 1.82) is 0 Å². The van der Waals surface area contributed by atoms with Crippen molar-refractivity contribution in [2.75, 3.05) is 26.0 Å². The normalized spacial score (nSPS) is 18.1. The molecule has 0 radical (unpaired) electrons. The van der Waals surface area contributed by atoms with Gasteiger partial charge in [-0.15, -0.1) is 0 Å². The second kappa shape index (κ2) is 9.16. The molecule has 35 heavy (non-hydrogen) atoms. The number of carbonyl (C=O) groups excluding carboxylic acids is 1. The summed E-state index contributed by atoms with van der Waals surface area (Å²) in [6.07, 6.45) is 4.30. The highest BCUT2D eigenvalue weighted by Gasteiger charge is 2.35. The SMILES string of the molecule is COc1cc(-c2cc([C@@H]3CCN(C)C(=O)C3C)on2)nc(-c2ccnc(Nc3ccn(C)n3)n2)c1. The summed E-state index contributed by atoms with van der Waals surface area (Å²) < 4.78 is 12.9. The molecule has 4 aromatic heterocycles. The predicted octanol–water partition coefficient (Wildman–Crippen LogP) is 3.26. The Balaban J connectivity index is 1.44. The Morgan fingerprint density at radius 3 is 2.63 bits per heavy atom. The topological polar surface area (TPSA) is 124 Å². The zero-order valence-corrected chi connectivity index (χ0v) is 20.0. The number of methoxy groups -OCH3 is 1. The van der Waals surface area contributed by atoms with Crippen molar-refractivity contribution in [3.8, 4) is 28.5 Å². The molecule has 2 atom stereocenters. The molecule has 1 amide bonds. The zero-order valence-electron chi connectivity index (χ0n) is 20.0. The third-order valence-corrected chi connectivity index (χ3v) is 6.21. The van der Waals surface area contributed by atoms with Crippen LogP contribution in [-0.2, 0) is 11.8 Å². The Kier molecular flexibility index (Phi) is 5.89. The van der Waals surface area contributed by atoms with Gasteiger partial charge in [-0.25, -0.2) is 15.0 Å². The first-order valence-corrected chi connectivity index (χ1v) is 11.3. The molecular weight excluding hydrogens is 448 g/mol. The number of aryl methyl sites for hydroxylation is 1. The molecule has 1 unspecified atom stereocenters. The molecule has 1 aliphatic heterocycles. The fourth-order valence-electron chi connectivity index (χ4n) is 4.23. The summed E-state index contributed by atoms with van der Waals surface area (Å²) in [5.74, 6) is 2.25. The lowest BCUT2D eigenvalue weighted by Gasteiger charge is -2.32. The summed E-state index contributed by atoms with van der Waals surface area (Å²) >= 11 is 0. The van der Waals surface area contributed by atoms with E-state index in [9.17, 15) is 4.79 Å². The van der Waals surface area contributed by atoms with Gasteiger partial charge < -0.3 is 19.5 Å². The van der Waals surface area contributed by atoms with E-state index in [0.29, 0.717) is 52.6 Å². The molecule has 5 heterocycles. The van der Waals surface area contributed by atoms with Gasteiger partial charge in [0, 0.05) is 69.1 Å². The lowest BCUT2D eigenvalue weighted by molar-refractivity contribution is -0.137. The van der Waals surface area contributed by atoms with E-state index in [1.807, 2.05) is 39.3 Å². The summed E-state index contributed by atoms with van der Waals surface area (Å²) in [4.78, 5) is 27.8. The number of hydrogen-bond donors (Lipinski definition) is 1. The first kappa shape index (κ1) is 22.5. The summed E-state index contributed by atoms with van der Waals surface area (Å²) in [6, 6.07) is 9.06. The van der Waals surface area contributed by atoms with Gasteiger partial charge in [0.2, 0.25) is 11.9 Å². The lowest BCUT2D eigenvalue weighted by Crippen LogP contribution is -2.40. The van der Waals surface area contributed by atoms with Gasteiger partial charge in [0.15, 0.2) is 5.82 Å². The van der Waals surface area contributed by atoms with Crippen LogP contribution in [0.4, 0.5) is 11.8 Å². The maximum Gasteiger partial charge on any atom is 0.228 e. The average molecular weight is 475 g/mol. The Labute approximate surface area is 202 Å². The number of nitrogens with zero attached hydrogens (tertiary/aromatic N) is 7. The molecule has 0 aromatic carbocycles. The monoisotopic (exact) mass is 474 g/mol. The number of ether oxygens (including phenoxy) is 1. The van der Waals surface area contributed by atoms with E-state index in [1.54, 1.807) is 41.1 Å². The number of nitrogens with one attached hydrogen (secondary N) is 1. The van der Waals surface area contributed by atoms with Crippen LogP contribution in [0.2, 0.25) is 0 Å². The second-order valence-corrected chi connectivity index (χ2v) is 8.60. The van der Waals surface area contributed by atoms with Crippen molar-refractivity contribution in [1.82, 2.24) is 34.8 Å². The molecule has 11 heteroatoms. The number of anilines is 2. The quantitative estimate of drug-likeness (QED) is 0.448. The highest BCUT2D eigenvalue weighted by atomic mass is 16.5. The van der Waals surface area contributed by atoms with Crippen LogP contribution in [0.5, 0.6) is 5.75 Å². The van der Waals surface area contributed by atoms with Crippen molar-refractivity contribution >= 4 is 17.7 Å². The van der Waals surface area contributed by atoms with Crippen LogP contribution in [0.15, 0.2) is 47.2 Å². The van der Waals surface area contributed by atoms with Crippen LogP contribution in [0.3, 0.4) is 0 Å². The van der Waals surface area contributed by atoms with E-state index in [2.05, 4.69) is 25.5 Å². The van der Waals surface area contributed by atoms with Crippen LogP contribution in [0.1, 0.15) is 25.0 Å². The number of piperidine rings is 1. The van der Waals surface area contributed by atoms with Gasteiger partial charge in [-0.2, -0.15) is 5.10 Å². The summed E-state index contributed by atoms with van der Waals surface area (Å²) in [7, 11) is 5.26. The van der Waals surface area contributed by atoms with Crippen LogP contribution in [-0.4, -0.2) is 61.4 Å². The van der Waals surface area contributed by atoms with Gasteiger partial charge in [0.1, 0.15) is 17.2 Å². The number of carbonyl (C=O) groups is 1. The smallest absolute Gasteiger partial charge is 0.228 e. The number of hydrogen-bond acceptors (Lipinski definition) is 9. The summed E-state index contributed by atoms with van der Waals surface area (Å²) in [5.41, 5.74) is 2.36. The van der Waals surface area contributed by atoms with Crippen LogP contribution in [0.25, 0.3) is 22.8 Å². The van der Waals surface area contributed by atoms with E-state index in [0.717, 1.165) is 6.42 Å². The van der Waals surface area contributed by atoms with E-state index >= 15 is 0 Å². The molecule has 1 N–H and O–H groups in total. The van der Waals surface area contributed by atoms with Gasteiger partial charge in [-0.3, -0.25) is 9.48 Å². The van der Waals surface area contributed by atoms with Crippen molar-refractivity contribution in [2.45, 2.75) is 19.3 Å². The molecule has 1 aliphatic rings. The van der Waals surface area contributed by atoms with E-state index in [-0.39, 0.29) is 17.7 Å². The molecule has 1 fully saturated rings. The van der Waals surface area contributed by atoms with Crippen molar-refractivity contribution in [2.24, 2.45) is 13.0 Å². The number of rotatable bonds is 6. The maximum atomic E-state index is 12.4. The molecular formula is C24H26N8O3. The number of pyridine rings is 1. The Morgan fingerprint density at radius 1 is 1.09 bits per heavy atom. The summed E-state index contributed by atoms with van der Waals surface area (Å²) in [5, 5.41) is 11.6. The highest BCUT2D eigenvalue weighted by Crippen LogP contribution is 2.35. The molecule has 0 spiro atoms. The third kappa shape index (κ3) is 4.57. The van der Waals surface area contributed by atoms with E-state index in [1.165, 1.54) is 0 Å².